The lowest BCUT2D eigenvalue weighted by molar-refractivity contribution is 0.0735. The predicted molar refractivity (Wildman–Crippen MR) is 116 cm³/mol. The molecule has 8 heteroatoms. The highest BCUT2D eigenvalue weighted by molar-refractivity contribution is 7.18. The Morgan fingerprint density at radius 3 is 2.72 bits per heavy atom. The van der Waals surface area contributed by atoms with Crippen LogP contribution in [0, 0.1) is 12.7 Å². The number of nitrogens with one attached hydrogen (secondary N) is 1. The van der Waals surface area contributed by atoms with Gasteiger partial charge in [-0.15, -0.1) is 22.7 Å². The smallest absolute Gasteiger partial charge is 0.264 e. The summed E-state index contributed by atoms with van der Waals surface area (Å²) >= 11 is 8.86. The molecule has 3 aromatic rings. The molecule has 0 atom stereocenters. The second-order valence-corrected chi connectivity index (χ2v) is 9.44. The zero-order valence-corrected chi connectivity index (χ0v) is 18.0. The molecule has 0 aliphatic heterocycles. The van der Waals surface area contributed by atoms with Crippen LogP contribution in [0.25, 0.3) is 0 Å². The number of hydrogen-bond acceptors (Lipinski definition) is 4. The lowest BCUT2D eigenvalue weighted by Gasteiger charge is -2.21. The molecule has 150 valence electrons. The van der Waals surface area contributed by atoms with Crippen LogP contribution in [-0.2, 0) is 6.54 Å². The highest BCUT2D eigenvalue weighted by Gasteiger charge is 2.34. The molecule has 2 amide bonds. The van der Waals surface area contributed by atoms with Gasteiger partial charge < -0.3 is 10.2 Å². The number of benzene rings is 1. The maximum atomic E-state index is 13.2. The summed E-state index contributed by atoms with van der Waals surface area (Å²) in [5, 5.41) is 5.38. The lowest BCUT2D eigenvalue weighted by atomic mass is 10.2. The lowest BCUT2D eigenvalue weighted by Crippen LogP contribution is -2.32. The number of amides is 2. The van der Waals surface area contributed by atoms with Gasteiger partial charge in [0.2, 0.25) is 0 Å². The SMILES string of the molecule is Cc1cc(NC(=O)c2ccc(F)cc2Cl)sc1C(=O)N(Cc1cccs1)C1CC1. The Balaban J connectivity index is 1.52. The van der Waals surface area contributed by atoms with E-state index in [9.17, 15) is 14.0 Å². The van der Waals surface area contributed by atoms with Crippen LogP contribution in [0.5, 0.6) is 0 Å². The minimum absolute atomic E-state index is 0.0105. The van der Waals surface area contributed by atoms with Crippen molar-refractivity contribution >= 4 is 51.1 Å². The fourth-order valence-corrected chi connectivity index (χ4v) is 5.04. The van der Waals surface area contributed by atoms with Crippen LogP contribution in [-0.4, -0.2) is 22.8 Å². The summed E-state index contributed by atoms with van der Waals surface area (Å²) in [5.74, 6) is -0.950. The van der Waals surface area contributed by atoms with E-state index in [1.165, 1.54) is 23.5 Å². The molecule has 4 rings (SSSR count). The number of halogens is 2. The van der Waals surface area contributed by atoms with Gasteiger partial charge in [-0.25, -0.2) is 4.39 Å². The third-order valence-electron chi connectivity index (χ3n) is 4.68. The molecular formula is C21H18ClFN2O2S2. The van der Waals surface area contributed by atoms with Gasteiger partial charge in [0, 0.05) is 10.9 Å². The van der Waals surface area contributed by atoms with Crippen LogP contribution >= 0.6 is 34.3 Å². The monoisotopic (exact) mass is 448 g/mol. The van der Waals surface area contributed by atoms with Gasteiger partial charge >= 0.3 is 0 Å². The first-order valence-corrected chi connectivity index (χ1v) is 11.2. The molecule has 0 unspecified atom stereocenters. The van der Waals surface area contributed by atoms with Gasteiger partial charge in [0.05, 0.1) is 27.0 Å². The van der Waals surface area contributed by atoms with Crippen molar-refractivity contribution in [3.63, 3.8) is 0 Å². The van der Waals surface area contributed by atoms with Crippen LogP contribution in [0.3, 0.4) is 0 Å². The minimum atomic E-state index is -0.502. The Kier molecular flexibility index (Phi) is 5.72. The van der Waals surface area contributed by atoms with E-state index in [1.54, 1.807) is 17.4 Å². The molecule has 0 bridgehead atoms. The minimum Gasteiger partial charge on any atom is -0.330 e. The second kappa shape index (κ2) is 8.26. The van der Waals surface area contributed by atoms with E-state index in [4.69, 9.17) is 11.6 Å². The van der Waals surface area contributed by atoms with Crippen LogP contribution in [0.15, 0.2) is 41.8 Å². The number of hydrogen-bond donors (Lipinski definition) is 1. The van der Waals surface area contributed by atoms with E-state index in [-0.39, 0.29) is 22.5 Å². The first-order chi connectivity index (χ1) is 13.9. The largest absolute Gasteiger partial charge is 0.330 e. The molecule has 0 radical (unpaired) electrons. The van der Waals surface area contributed by atoms with E-state index in [0.717, 1.165) is 29.3 Å². The van der Waals surface area contributed by atoms with Crippen LogP contribution in [0.1, 0.15) is 43.3 Å². The average molecular weight is 449 g/mol. The first kappa shape index (κ1) is 20.1. The van der Waals surface area contributed by atoms with E-state index in [1.807, 2.05) is 29.3 Å². The Hall–Kier alpha value is -2.22. The van der Waals surface area contributed by atoms with Gasteiger partial charge in [0.15, 0.2) is 0 Å². The maximum Gasteiger partial charge on any atom is 0.264 e. The summed E-state index contributed by atoms with van der Waals surface area (Å²) in [6.45, 7) is 2.46. The summed E-state index contributed by atoms with van der Waals surface area (Å²) in [4.78, 5) is 29.4. The Bertz CT molecular complexity index is 1060. The van der Waals surface area contributed by atoms with Gasteiger partial charge in [-0.1, -0.05) is 17.7 Å². The molecule has 2 heterocycles. The number of anilines is 1. The molecule has 1 N–H and O–H groups in total. The molecule has 1 aliphatic carbocycles. The topological polar surface area (TPSA) is 49.4 Å². The van der Waals surface area contributed by atoms with Crippen LogP contribution in [0.2, 0.25) is 5.02 Å². The number of nitrogens with zero attached hydrogens (tertiary/aromatic N) is 1. The van der Waals surface area contributed by atoms with Crippen molar-refractivity contribution < 1.29 is 14.0 Å². The standard InChI is InChI=1S/C21H18ClFN2O2S2/c1-12-9-18(24-20(26)16-7-4-13(23)10-17(16)22)29-19(12)21(27)25(14-5-6-14)11-15-3-2-8-28-15/h2-4,7-10,14H,5-6,11H2,1H3,(H,24,26). The number of thiophene rings is 2. The fraction of sp³-hybridized carbons (Fsp3) is 0.238. The molecule has 29 heavy (non-hydrogen) atoms. The molecule has 4 nitrogen and oxygen atoms in total. The number of aryl methyl sites for hydroxylation is 1. The van der Waals surface area contributed by atoms with Crippen molar-refractivity contribution in [1.82, 2.24) is 4.90 Å². The third-order valence-corrected chi connectivity index (χ3v) is 6.99. The van der Waals surface area contributed by atoms with Gasteiger partial charge in [0.25, 0.3) is 11.8 Å². The number of carbonyl (C=O) groups is 2. The zero-order valence-electron chi connectivity index (χ0n) is 15.6. The van der Waals surface area contributed by atoms with Crippen molar-refractivity contribution in [2.75, 3.05) is 5.32 Å². The molecule has 0 spiro atoms. The Morgan fingerprint density at radius 1 is 1.28 bits per heavy atom. The molecule has 1 saturated carbocycles. The van der Waals surface area contributed by atoms with E-state index < -0.39 is 11.7 Å². The van der Waals surface area contributed by atoms with Gasteiger partial charge in [-0.2, -0.15) is 0 Å². The summed E-state index contributed by atoms with van der Waals surface area (Å²) in [7, 11) is 0. The molecule has 2 aromatic heterocycles. The van der Waals surface area contributed by atoms with Gasteiger partial charge in [0.1, 0.15) is 5.82 Å². The molecule has 1 aromatic carbocycles. The predicted octanol–water partition coefficient (Wildman–Crippen LogP) is 5.97. The number of carbonyl (C=O) groups excluding carboxylic acids is 2. The van der Waals surface area contributed by atoms with Crippen molar-refractivity contribution in [2.45, 2.75) is 32.4 Å². The summed E-state index contributed by atoms with van der Waals surface area (Å²) < 4.78 is 13.2. The Morgan fingerprint density at radius 2 is 2.07 bits per heavy atom. The molecule has 1 fully saturated rings. The van der Waals surface area contributed by atoms with E-state index in [0.29, 0.717) is 16.4 Å². The quantitative estimate of drug-likeness (QED) is 0.505. The highest BCUT2D eigenvalue weighted by atomic mass is 35.5. The van der Waals surface area contributed by atoms with Crippen molar-refractivity contribution in [2.24, 2.45) is 0 Å². The highest BCUT2D eigenvalue weighted by Crippen LogP contribution is 2.34. The third kappa shape index (κ3) is 4.52. The number of rotatable bonds is 6. The fourth-order valence-electron chi connectivity index (χ4n) is 3.06. The average Bonchev–Trinajstić information content (AvgIpc) is 3.25. The molecular weight excluding hydrogens is 431 g/mol. The normalized spacial score (nSPS) is 13.3. The van der Waals surface area contributed by atoms with E-state index >= 15 is 0 Å². The summed E-state index contributed by atoms with van der Waals surface area (Å²) in [5.41, 5.74) is 1.00. The van der Waals surface area contributed by atoms with Gasteiger partial charge in [-0.05, 0) is 61.0 Å². The zero-order chi connectivity index (χ0) is 20.5. The van der Waals surface area contributed by atoms with Crippen molar-refractivity contribution in [1.29, 1.82) is 0 Å². The molecule has 1 aliphatic rings. The Labute approximate surface area is 180 Å². The van der Waals surface area contributed by atoms with Crippen molar-refractivity contribution in [3.05, 3.63) is 73.5 Å². The van der Waals surface area contributed by atoms with E-state index in [2.05, 4.69) is 5.32 Å². The van der Waals surface area contributed by atoms with Crippen LogP contribution < -0.4 is 5.32 Å². The van der Waals surface area contributed by atoms with Gasteiger partial charge in [-0.3, -0.25) is 9.59 Å². The first-order valence-electron chi connectivity index (χ1n) is 9.12. The summed E-state index contributed by atoms with van der Waals surface area (Å²) in [6, 6.07) is 9.71. The second-order valence-electron chi connectivity index (χ2n) is 6.94. The molecule has 0 saturated heterocycles. The maximum absolute atomic E-state index is 13.2. The van der Waals surface area contributed by atoms with Crippen LogP contribution in [0.4, 0.5) is 9.39 Å². The van der Waals surface area contributed by atoms with Crippen molar-refractivity contribution in [3.8, 4) is 0 Å². The summed E-state index contributed by atoms with van der Waals surface area (Å²) in [6.07, 6.45) is 2.04.